The van der Waals surface area contributed by atoms with E-state index in [-0.39, 0.29) is 24.0 Å². The topological polar surface area (TPSA) is 65.1 Å². The molecule has 0 bridgehead atoms. The number of ketones is 1. The van der Waals surface area contributed by atoms with Crippen molar-refractivity contribution in [3.05, 3.63) is 95.2 Å². The van der Waals surface area contributed by atoms with E-state index in [1.807, 2.05) is 72.8 Å². The Morgan fingerprint density at radius 2 is 1.50 bits per heavy atom. The maximum Gasteiger partial charge on any atom is 0.232 e. The molecule has 3 aromatic carbocycles. The van der Waals surface area contributed by atoms with Crippen molar-refractivity contribution in [3.8, 4) is 17.2 Å². The maximum absolute atomic E-state index is 13.9. The van der Waals surface area contributed by atoms with E-state index in [9.17, 15) is 9.59 Å². The van der Waals surface area contributed by atoms with Crippen molar-refractivity contribution >= 4 is 17.4 Å². The molecule has 184 valence electrons. The number of rotatable bonds is 6. The van der Waals surface area contributed by atoms with Gasteiger partial charge in [0.25, 0.3) is 0 Å². The van der Waals surface area contributed by atoms with Crippen molar-refractivity contribution in [1.82, 2.24) is 0 Å². The second-order valence-electron chi connectivity index (χ2n) is 9.09. The van der Waals surface area contributed by atoms with Gasteiger partial charge in [-0.2, -0.15) is 0 Å². The molecule has 6 heteroatoms. The number of hydrogen-bond donors (Lipinski definition) is 0. The summed E-state index contributed by atoms with van der Waals surface area (Å²) in [6.07, 6.45) is 1.13. The van der Waals surface area contributed by atoms with Gasteiger partial charge in [0, 0.05) is 41.7 Å². The number of anilines is 1. The fraction of sp³-hybridized carbons (Fsp3) is 0.267. The number of benzene rings is 3. The highest BCUT2D eigenvalue weighted by molar-refractivity contribution is 6.08. The number of nitrogens with zero attached hydrogens (tertiary/aromatic N) is 1. The van der Waals surface area contributed by atoms with Crippen LogP contribution in [0.15, 0.2) is 84.1 Å². The number of ether oxygens (including phenoxy) is 3. The number of amides is 1. The summed E-state index contributed by atoms with van der Waals surface area (Å²) in [6.45, 7) is 0. The predicted molar refractivity (Wildman–Crippen MR) is 138 cm³/mol. The molecule has 0 radical (unpaired) electrons. The van der Waals surface area contributed by atoms with E-state index in [1.165, 1.54) is 0 Å². The van der Waals surface area contributed by atoms with Crippen LogP contribution in [0, 0.1) is 0 Å². The summed E-state index contributed by atoms with van der Waals surface area (Å²) in [7, 11) is 4.80. The lowest BCUT2D eigenvalue weighted by Crippen LogP contribution is -2.41. The Morgan fingerprint density at radius 3 is 2.22 bits per heavy atom. The monoisotopic (exact) mass is 483 g/mol. The average Bonchev–Trinajstić information content (AvgIpc) is 2.92. The molecule has 1 aliphatic carbocycles. The van der Waals surface area contributed by atoms with Gasteiger partial charge < -0.3 is 14.2 Å². The summed E-state index contributed by atoms with van der Waals surface area (Å²) in [5.41, 5.74) is 4.01. The molecule has 0 saturated carbocycles. The molecule has 0 fully saturated rings. The van der Waals surface area contributed by atoms with Crippen LogP contribution in [0.4, 0.5) is 5.69 Å². The minimum Gasteiger partial charge on any atom is -0.497 e. The number of Topliss-reactive ketones (excluding diaryl/α,β-unsaturated/α-hetero) is 1. The van der Waals surface area contributed by atoms with Crippen molar-refractivity contribution in [2.24, 2.45) is 0 Å². The van der Waals surface area contributed by atoms with Crippen LogP contribution in [0.25, 0.3) is 0 Å². The van der Waals surface area contributed by atoms with E-state index in [2.05, 4.69) is 0 Å². The van der Waals surface area contributed by atoms with Crippen LogP contribution >= 0.6 is 0 Å². The third kappa shape index (κ3) is 4.24. The summed E-state index contributed by atoms with van der Waals surface area (Å²) in [5, 5.41) is 0. The number of carbonyl (C=O) groups is 2. The van der Waals surface area contributed by atoms with Crippen molar-refractivity contribution in [1.29, 1.82) is 0 Å². The zero-order chi connectivity index (χ0) is 25.2. The molecule has 36 heavy (non-hydrogen) atoms. The highest BCUT2D eigenvalue weighted by Gasteiger charge is 2.43. The molecule has 2 atom stereocenters. The second-order valence-corrected chi connectivity index (χ2v) is 9.09. The Labute approximate surface area is 211 Å². The smallest absolute Gasteiger partial charge is 0.232 e. The Morgan fingerprint density at radius 1 is 0.750 bits per heavy atom. The second kappa shape index (κ2) is 9.90. The van der Waals surface area contributed by atoms with Gasteiger partial charge in [-0.3, -0.25) is 14.5 Å². The van der Waals surface area contributed by atoms with Crippen LogP contribution in [0.3, 0.4) is 0 Å². The van der Waals surface area contributed by atoms with E-state index in [0.29, 0.717) is 41.4 Å². The standard InChI is InChI=1S/C30H29NO5/c1-34-22-11-7-10-21(16-22)31-26-14-20(19-8-5-4-6-9-19)15-27(32)30(26)25(18-29(31)33)24-17-23(35-2)12-13-28(24)36-3/h4-13,16-17,20,25H,14-15,18H2,1-3H3. The van der Waals surface area contributed by atoms with Crippen molar-refractivity contribution in [2.75, 3.05) is 26.2 Å². The number of hydrogen-bond acceptors (Lipinski definition) is 5. The van der Waals surface area contributed by atoms with Gasteiger partial charge in [-0.05, 0) is 48.2 Å². The first-order valence-corrected chi connectivity index (χ1v) is 12.0. The lowest BCUT2D eigenvalue weighted by Gasteiger charge is -2.40. The minimum atomic E-state index is -0.413. The molecule has 1 aliphatic heterocycles. The number of methoxy groups -OCH3 is 3. The predicted octanol–water partition coefficient (Wildman–Crippen LogP) is 5.63. The molecule has 2 unspecified atom stereocenters. The van der Waals surface area contributed by atoms with E-state index in [4.69, 9.17) is 14.2 Å². The molecule has 0 saturated heterocycles. The molecule has 1 amide bonds. The summed E-state index contributed by atoms with van der Waals surface area (Å²) < 4.78 is 16.5. The molecule has 6 nitrogen and oxygen atoms in total. The van der Waals surface area contributed by atoms with Crippen LogP contribution in [0.2, 0.25) is 0 Å². The first-order valence-electron chi connectivity index (χ1n) is 12.0. The van der Waals surface area contributed by atoms with E-state index in [0.717, 1.165) is 16.8 Å². The van der Waals surface area contributed by atoms with Crippen LogP contribution < -0.4 is 19.1 Å². The van der Waals surface area contributed by atoms with Crippen molar-refractivity contribution in [2.45, 2.75) is 31.1 Å². The quantitative estimate of drug-likeness (QED) is 0.454. The van der Waals surface area contributed by atoms with Gasteiger partial charge in [0.2, 0.25) is 5.91 Å². The molecule has 3 aromatic rings. The molecule has 0 N–H and O–H groups in total. The van der Waals surface area contributed by atoms with Gasteiger partial charge >= 0.3 is 0 Å². The normalized spacial score (nSPS) is 19.7. The lowest BCUT2D eigenvalue weighted by molar-refractivity contribution is -0.120. The van der Waals surface area contributed by atoms with Gasteiger partial charge in [0.15, 0.2) is 5.78 Å². The fourth-order valence-electron chi connectivity index (χ4n) is 5.42. The molecule has 0 aromatic heterocycles. The Balaban J connectivity index is 1.69. The highest BCUT2D eigenvalue weighted by Crippen LogP contribution is 2.49. The fourth-order valence-corrected chi connectivity index (χ4v) is 5.42. The Hall–Kier alpha value is -4.06. The SMILES string of the molecule is COc1cccc(N2C(=O)CC(c3cc(OC)ccc3OC)C3=C2CC(c2ccccc2)CC3=O)c1. The minimum absolute atomic E-state index is 0.00990. The summed E-state index contributed by atoms with van der Waals surface area (Å²) in [4.78, 5) is 29.4. The van der Waals surface area contributed by atoms with Crippen LogP contribution in [0.1, 0.15) is 42.2 Å². The van der Waals surface area contributed by atoms with Gasteiger partial charge in [-0.15, -0.1) is 0 Å². The van der Waals surface area contributed by atoms with Crippen LogP contribution in [-0.2, 0) is 9.59 Å². The first kappa shape index (κ1) is 23.7. The summed E-state index contributed by atoms with van der Waals surface area (Å²) in [5.74, 6) is 1.50. The third-order valence-electron chi connectivity index (χ3n) is 7.12. The van der Waals surface area contributed by atoms with Crippen molar-refractivity contribution < 1.29 is 23.8 Å². The van der Waals surface area contributed by atoms with E-state index >= 15 is 0 Å². The molecule has 2 aliphatic rings. The van der Waals surface area contributed by atoms with E-state index < -0.39 is 5.92 Å². The van der Waals surface area contributed by atoms with Gasteiger partial charge in [-0.1, -0.05) is 36.4 Å². The van der Waals surface area contributed by atoms with Crippen LogP contribution in [-0.4, -0.2) is 33.0 Å². The van der Waals surface area contributed by atoms with Crippen molar-refractivity contribution in [3.63, 3.8) is 0 Å². The van der Waals surface area contributed by atoms with Gasteiger partial charge in [0.05, 0.1) is 27.0 Å². The molecule has 1 heterocycles. The first-order chi connectivity index (χ1) is 17.5. The van der Waals surface area contributed by atoms with E-state index in [1.54, 1.807) is 26.2 Å². The number of carbonyl (C=O) groups excluding carboxylic acids is 2. The highest BCUT2D eigenvalue weighted by atomic mass is 16.5. The largest absolute Gasteiger partial charge is 0.497 e. The molecule has 5 rings (SSSR count). The zero-order valence-corrected chi connectivity index (χ0v) is 20.7. The molecular formula is C30H29NO5. The third-order valence-corrected chi connectivity index (χ3v) is 7.12. The zero-order valence-electron chi connectivity index (χ0n) is 20.7. The maximum atomic E-state index is 13.9. The Kier molecular flexibility index (Phi) is 6.51. The summed E-state index contributed by atoms with van der Waals surface area (Å²) >= 11 is 0. The lowest BCUT2D eigenvalue weighted by atomic mass is 9.72. The number of allylic oxidation sites excluding steroid dienone is 2. The molecule has 0 spiro atoms. The van der Waals surface area contributed by atoms with Crippen LogP contribution in [0.5, 0.6) is 17.2 Å². The summed E-state index contributed by atoms with van der Waals surface area (Å²) in [6, 6.07) is 23.0. The van der Waals surface area contributed by atoms with Gasteiger partial charge in [-0.25, -0.2) is 0 Å². The Bertz CT molecular complexity index is 1330. The molecular weight excluding hydrogens is 454 g/mol. The van der Waals surface area contributed by atoms with Gasteiger partial charge in [0.1, 0.15) is 17.2 Å². The average molecular weight is 484 g/mol.